The molecule has 3 nitrogen and oxygen atoms in total. The van der Waals surface area contributed by atoms with Crippen molar-refractivity contribution in [1.29, 1.82) is 0 Å². The van der Waals surface area contributed by atoms with Gasteiger partial charge in [0.05, 0.1) is 5.56 Å². The van der Waals surface area contributed by atoms with E-state index in [-0.39, 0.29) is 5.97 Å². The van der Waals surface area contributed by atoms with Crippen molar-refractivity contribution in [2.75, 3.05) is 23.8 Å². The van der Waals surface area contributed by atoms with Crippen molar-refractivity contribution in [3.05, 3.63) is 29.3 Å². The van der Waals surface area contributed by atoms with Gasteiger partial charge in [0.15, 0.2) is 0 Å². The smallest absolute Gasteiger partial charge is 0.338 e. The zero-order valence-corrected chi connectivity index (χ0v) is 10.5. The maximum Gasteiger partial charge on any atom is 0.338 e. The fraction of sp³-hybridized carbons (Fsp3) is 0.417. The molecule has 0 bridgehead atoms. The Morgan fingerprint density at radius 1 is 1.44 bits per heavy atom. The second kappa shape index (κ2) is 6.43. The lowest BCUT2D eigenvalue weighted by molar-refractivity contribution is 0.0530. The predicted molar refractivity (Wildman–Crippen MR) is 68.9 cm³/mol. The van der Waals surface area contributed by atoms with E-state index >= 15 is 0 Å². The molecule has 0 unspecified atom stereocenters. The third kappa shape index (κ3) is 4.14. The van der Waals surface area contributed by atoms with Crippen LogP contribution < -0.4 is 5.73 Å². The monoisotopic (exact) mass is 239 g/mol. The molecule has 1 aromatic rings. The van der Waals surface area contributed by atoms with E-state index in [1.807, 2.05) is 13.0 Å². The number of nitrogen functional groups attached to an aromatic ring is 1. The molecule has 0 spiro atoms. The van der Waals surface area contributed by atoms with Crippen molar-refractivity contribution in [3.8, 4) is 0 Å². The number of esters is 1. The minimum absolute atomic E-state index is 0.299. The third-order valence-electron chi connectivity index (χ3n) is 2.00. The Bertz CT molecular complexity index is 346. The van der Waals surface area contributed by atoms with Crippen molar-refractivity contribution in [3.63, 3.8) is 0 Å². The van der Waals surface area contributed by atoms with Crippen molar-refractivity contribution < 1.29 is 9.53 Å². The number of ether oxygens (including phenoxy) is 1. The number of hydrogen-bond acceptors (Lipinski definition) is 4. The Morgan fingerprint density at radius 2 is 2.19 bits per heavy atom. The molecule has 0 saturated heterocycles. The van der Waals surface area contributed by atoms with Crippen molar-refractivity contribution in [1.82, 2.24) is 0 Å². The molecular weight excluding hydrogens is 222 g/mol. The van der Waals surface area contributed by atoms with E-state index in [9.17, 15) is 4.79 Å². The minimum Gasteiger partial charge on any atom is -0.461 e. The Balaban J connectivity index is 2.52. The summed E-state index contributed by atoms with van der Waals surface area (Å²) in [6.07, 6.45) is 0. The summed E-state index contributed by atoms with van der Waals surface area (Å²) in [5, 5.41) is 0. The first-order valence-corrected chi connectivity index (χ1v) is 6.41. The van der Waals surface area contributed by atoms with E-state index in [1.165, 1.54) is 0 Å². The highest BCUT2D eigenvalue weighted by molar-refractivity contribution is 7.99. The molecule has 16 heavy (non-hydrogen) atoms. The van der Waals surface area contributed by atoms with Crippen molar-refractivity contribution in [2.24, 2.45) is 0 Å². The highest BCUT2D eigenvalue weighted by atomic mass is 32.2. The van der Waals surface area contributed by atoms with E-state index in [2.05, 4.69) is 6.92 Å². The van der Waals surface area contributed by atoms with E-state index in [0.717, 1.165) is 17.1 Å². The van der Waals surface area contributed by atoms with Crippen LogP contribution >= 0.6 is 11.8 Å². The second-order valence-electron chi connectivity index (χ2n) is 3.47. The van der Waals surface area contributed by atoms with Crippen LogP contribution in [0.2, 0.25) is 0 Å². The Kier molecular flexibility index (Phi) is 5.19. The van der Waals surface area contributed by atoms with Gasteiger partial charge in [0.25, 0.3) is 0 Å². The zero-order valence-electron chi connectivity index (χ0n) is 9.66. The van der Waals surface area contributed by atoms with Crippen LogP contribution in [-0.4, -0.2) is 24.1 Å². The number of thioether (sulfide) groups is 1. The molecule has 0 aliphatic rings. The summed E-state index contributed by atoms with van der Waals surface area (Å²) in [5.74, 6) is 1.57. The fourth-order valence-electron chi connectivity index (χ4n) is 1.35. The first kappa shape index (κ1) is 12.9. The van der Waals surface area contributed by atoms with Crippen LogP contribution in [-0.2, 0) is 4.74 Å². The number of carbonyl (C=O) groups is 1. The van der Waals surface area contributed by atoms with Crippen LogP contribution in [0.1, 0.15) is 22.8 Å². The minimum atomic E-state index is -0.299. The summed E-state index contributed by atoms with van der Waals surface area (Å²) in [6, 6.07) is 5.25. The van der Waals surface area contributed by atoms with E-state index in [0.29, 0.717) is 17.9 Å². The molecule has 88 valence electrons. The summed E-state index contributed by atoms with van der Waals surface area (Å²) in [7, 11) is 0. The molecule has 0 saturated carbocycles. The summed E-state index contributed by atoms with van der Waals surface area (Å²) in [5.41, 5.74) is 7.75. The summed E-state index contributed by atoms with van der Waals surface area (Å²) < 4.78 is 5.12. The molecule has 0 heterocycles. The summed E-state index contributed by atoms with van der Waals surface area (Å²) >= 11 is 1.75. The van der Waals surface area contributed by atoms with Crippen LogP contribution in [0.5, 0.6) is 0 Å². The average Bonchev–Trinajstić information content (AvgIpc) is 2.22. The first-order chi connectivity index (χ1) is 7.63. The van der Waals surface area contributed by atoms with Gasteiger partial charge in [0, 0.05) is 11.4 Å². The van der Waals surface area contributed by atoms with Gasteiger partial charge in [-0.15, -0.1) is 0 Å². The quantitative estimate of drug-likeness (QED) is 0.487. The lowest BCUT2D eigenvalue weighted by atomic mass is 10.1. The van der Waals surface area contributed by atoms with Crippen molar-refractivity contribution >= 4 is 23.4 Å². The molecule has 1 aromatic carbocycles. The second-order valence-corrected chi connectivity index (χ2v) is 4.86. The van der Waals surface area contributed by atoms with Crippen LogP contribution in [0.25, 0.3) is 0 Å². The van der Waals surface area contributed by atoms with Gasteiger partial charge in [-0.2, -0.15) is 11.8 Å². The molecule has 0 aliphatic heterocycles. The number of benzene rings is 1. The van der Waals surface area contributed by atoms with Gasteiger partial charge < -0.3 is 10.5 Å². The SMILES string of the molecule is CCSCCOC(=O)c1cc(C)cc(N)c1. The number of anilines is 1. The molecule has 0 fully saturated rings. The number of aryl methyl sites for hydroxylation is 1. The molecule has 0 atom stereocenters. The van der Waals surface area contributed by atoms with Crippen LogP contribution in [0.3, 0.4) is 0 Å². The Hall–Kier alpha value is -1.16. The standard InChI is InChI=1S/C12H17NO2S/c1-3-16-5-4-15-12(14)10-6-9(2)7-11(13)8-10/h6-8H,3-5,13H2,1-2H3. The predicted octanol–water partition coefficient (Wildman–Crippen LogP) is 2.49. The van der Waals surface area contributed by atoms with Crippen LogP contribution in [0.15, 0.2) is 18.2 Å². The van der Waals surface area contributed by atoms with Gasteiger partial charge >= 0.3 is 5.97 Å². The van der Waals surface area contributed by atoms with Gasteiger partial charge in [0.1, 0.15) is 6.61 Å². The molecule has 0 aromatic heterocycles. The topological polar surface area (TPSA) is 52.3 Å². The molecule has 0 radical (unpaired) electrons. The number of nitrogens with two attached hydrogens (primary N) is 1. The Labute approximate surface area is 100 Å². The van der Waals surface area contributed by atoms with Gasteiger partial charge in [0.2, 0.25) is 0 Å². The van der Waals surface area contributed by atoms with Gasteiger partial charge in [-0.05, 0) is 36.4 Å². The number of rotatable bonds is 5. The van der Waals surface area contributed by atoms with E-state index in [1.54, 1.807) is 23.9 Å². The molecule has 0 amide bonds. The number of carbonyl (C=O) groups excluding carboxylic acids is 1. The Morgan fingerprint density at radius 3 is 2.81 bits per heavy atom. The van der Waals surface area contributed by atoms with Crippen molar-refractivity contribution in [2.45, 2.75) is 13.8 Å². The van der Waals surface area contributed by atoms with Gasteiger partial charge in [-0.25, -0.2) is 4.79 Å². The van der Waals surface area contributed by atoms with E-state index < -0.39 is 0 Å². The lowest BCUT2D eigenvalue weighted by Gasteiger charge is -2.06. The first-order valence-electron chi connectivity index (χ1n) is 5.25. The van der Waals surface area contributed by atoms with Crippen LogP contribution in [0, 0.1) is 6.92 Å². The average molecular weight is 239 g/mol. The van der Waals surface area contributed by atoms with Gasteiger partial charge in [-0.1, -0.05) is 6.92 Å². The fourth-order valence-corrected chi connectivity index (χ4v) is 1.84. The molecular formula is C12H17NO2S. The lowest BCUT2D eigenvalue weighted by Crippen LogP contribution is -2.08. The largest absolute Gasteiger partial charge is 0.461 e. The van der Waals surface area contributed by atoms with E-state index in [4.69, 9.17) is 10.5 Å². The molecule has 0 aliphatic carbocycles. The normalized spacial score (nSPS) is 10.1. The van der Waals surface area contributed by atoms with Crippen LogP contribution in [0.4, 0.5) is 5.69 Å². The van der Waals surface area contributed by atoms with Gasteiger partial charge in [-0.3, -0.25) is 0 Å². The molecule has 1 rings (SSSR count). The maximum absolute atomic E-state index is 11.6. The highest BCUT2D eigenvalue weighted by Crippen LogP contribution is 2.12. The molecule has 4 heteroatoms. The summed E-state index contributed by atoms with van der Waals surface area (Å²) in [4.78, 5) is 11.6. The maximum atomic E-state index is 11.6. The molecule has 2 N–H and O–H groups in total. The third-order valence-corrected chi connectivity index (χ3v) is 2.86. The summed E-state index contributed by atoms with van der Waals surface area (Å²) in [6.45, 7) is 4.43. The zero-order chi connectivity index (χ0) is 12.0. The number of hydrogen-bond donors (Lipinski definition) is 1. The highest BCUT2D eigenvalue weighted by Gasteiger charge is 2.07.